The number of carbonyl (C=O) groups is 1. The van der Waals surface area contributed by atoms with Gasteiger partial charge in [-0.25, -0.2) is 0 Å². The molecule has 27 heavy (non-hydrogen) atoms. The molecule has 1 aromatic carbocycles. The topological polar surface area (TPSA) is 67.4 Å². The van der Waals surface area contributed by atoms with E-state index >= 15 is 0 Å². The summed E-state index contributed by atoms with van der Waals surface area (Å²) in [6.45, 7) is 5.01. The van der Waals surface area contributed by atoms with E-state index in [0.717, 1.165) is 69.4 Å². The number of anilines is 1. The number of benzene rings is 1. The fourth-order valence-corrected chi connectivity index (χ4v) is 4.40. The Morgan fingerprint density at radius 2 is 1.89 bits per heavy atom. The number of hydrogen-bond donors (Lipinski definition) is 1. The number of rotatable bonds is 4. The van der Waals surface area contributed by atoms with Crippen molar-refractivity contribution in [3.8, 4) is 0 Å². The van der Waals surface area contributed by atoms with E-state index in [1.54, 1.807) is 19.3 Å². The molecule has 0 atom stereocenters. The Bertz CT molecular complexity index is 796. The summed E-state index contributed by atoms with van der Waals surface area (Å²) >= 11 is 0. The largest absolute Gasteiger partial charge is 0.378 e. The van der Waals surface area contributed by atoms with Crippen molar-refractivity contribution in [1.82, 2.24) is 15.3 Å². The fourth-order valence-electron chi connectivity index (χ4n) is 4.40. The molecule has 1 aliphatic carbocycles. The zero-order valence-electron chi connectivity index (χ0n) is 16.0. The Kier molecular flexibility index (Phi) is 5.53. The lowest BCUT2D eigenvalue weighted by molar-refractivity contribution is -0.119. The van der Waals surface area contributed by atoms with Crippen LogP contribution in [-0.2, 0) is 16.0 Å². The molecular weight excluding hydrogens is 340 g/mol. The molecule has 1 amide bonds. The summed E-state index contributed by atoms with van der Waals surface area (Å²) in [5.74, 6) is 0.720. The second-order valence-corrected chi connectivity index (χ2v) is 7.75. The molecule has 1 N–H and O–H groups in total. The van der Waals surface area contributed by atoms with Gasteiger partial charge in [-0.3, -0.25) is 14.8 Å². The molecule has 1 saturated carbocycles. The molecule has 6 heteroatoms. The number of nitrogens with one attached hydrogen (secondary N) is 1. The van der Waals surface area contributed by atoms with E-state index in [-0.39, 0.29) is 5.91 Å². The number of morpholine rings is 1. The van der Waals surface area contributed by atoms with Crippen molar-refractivity contribution in [3.63, 3.8) is 0 Å². The van der Waals surface area contributed by atoms with E-state index < -0.39 is 0 Å². The van der Waals surface area contributed by atoms with Gasteiger partial charge in [0.2, 0.25) is 5.91 Å². The third-order valence-corrected chi connectivity index (χ3v) is 5.78. The van der Waals surface area contributed by atoms with Crippen LogP contribution in [0.15, 0.2) is 24.5 Å². The quantitative estimate of drug-likeness (QED) is 0.899. The highest BCUT2D eigenvalue weighted by Gasteiger charge is 2.23. The molecule has 2 heterocycles. The zero-order valence-corrected chi connectivity index (χ0v) is 16.0. The first-order valence-corrected chi connectivity index (χ1v) is 10.0. The van der Waals surface area contributed by atoms with Crippen molar-refractivity contribution in [3.05, 3.63) is 30.1 Å². The van der Waals surface area contributed by atoms with E-state index in [0.29, 0.717) is 12.0 Å². The van der Waals surface area contributed by atoms with Gasteiger partial charge in [-0.05, 0) is 55.7 Å². The minimum Gasteiger partial charge on any atom is -0.378 e. The van der Waals surface area contributed by atoms with Gasteiger partial charge >= 0.3 is 0 Å². The van der Waals surface area contributed by atoms with Gasteiger partial charge in [-0.15, -0.1) is 0 Å². The van der Waals surface area contributed by atoms with Crippen LogP contribution in [0.2, 0.25) is 0 Å². The van der Waals surface area contributed by atoms with Crippen molar-refractivity contribution in [1.29, 1.82) is 0 Å². The smallest absolute Gasteiger partial charge is 0.217 e. The van der Waals surface area contributed by atoms with Crippen LogP contribution in [0.25, 0.3) is 11.0 Å². The van der Waals surface area contributed by atoms with Gasteiger partial charge in [0.1, 0.15) is 0 Å². The minimum atomic E-state index is 0.0814. The minimum absolute atomic E-state index is 0.0814. The fraction of sp³-hybridized carbons (Fsp3) is 0.571. The molecule has 0 radical (unpaired) electrons. The number of aromatic nitrogens is 2. The lowest BCUT2D eigenvalue weighted by Gasteiger charge is -2.31. The number of amides is 1. The van der Waals surface area contributed by atoms with Crippen molar-refractivity contribution < 1.29 is 9.53 Å². The Balaban J connectivity index is 1.53. The summed E-state index contributed by atoms with van der Waals surface area (Å²) in [5.41, 5.74) is 4.53. The molecule has 1 saturated heterocycles. The predicted octanol–water partition coefficient (Wildman–Crippen LogP) is 2.70. The maximum atomic E-state index is 11.3. The molecular formula is C21H28N4O2. The van der Waals surface area contributed by atoms with Crippen LogP contribution >= 0.6 is 0 Å². The summed E-state index contributed by atoms with van der Waals surface area (Å²) in [6.07, 6.45) is 9.01. The van der Waals surface area contributed by atoms with Crippen LogP contribution < -0.4 is 10.2 Å². The second kappa shape index (κ2) is 8.21. The summed E-state index contributed by atoms with van der Waals surface area (Å²) in [6, 6.07) is 4.81. The normalized spacial score (nSPS) is 23.4. The van der Waals surface area contributed by atoms with E-state index in [2.05, 4.69) is 32.3 Å². The van der Waals surface area contributed by atoms with Crippen LogP contribution in [0, 0.1) is 5.92 Å². The Hall–Kier alpha value is -2.21. The molecule has 144 valence electrons. The number of carbonyl (C=O) groups excluding carboxylic acids is 1. The van der Waals surface area contributed by atoms with E-state index in [4.69, 9.17) is 4.74 Å². The summed E-state index contributed by atoms with van der Waals surface area (Å²) in [5, 5.41) is 3.07. The van der Waals surface area contributed by atoms with Crippen molar-refractivity contribution >= 4 is 22.6 Å². The molecule has 0 bridgehead atoms. The number of nitrogens with zero attached hydrogens (tertiary/aromatic N) is 3. The van der Waals surface area contributed by atoms with Crippen LogP contribution in [0.5, 0.6) is 0 Å². The molecule has 1 aliphatic heterocycles. The lowest BCUT2D eigenvalue weighted by atomic mass is 9.82. The molecule has 6 nitrogen and oxygen atoms in total. The van der Waals surface area contributed by atoms with Gasteiger partial charge in [0, 0.05) is 44.1 Å². The van der Waals surface area contributed by atoms with Crippen molar-refractivity contribution in [2.75, 3.05) is 31.2 Å². The number of ether oxygens (including phenoxy) is 1. The average Bonchev–Trinajstić information content (AvgIpc) is 2.70. The monoisotopic (exact) mass is 368 g/mol. The summed E-state index contributed by atoms with van der Waals surface area (Å²) in [4.78, 5) is 22.9. The first kappa shape index (κ1) is 18.2. The molecule has 2 aromatic rings. The average molecular weight is 368 g/mol. The molecule has 2 fully saturated rings. The van der Waals surface area contributed by atoms with Gasteiger partial charge in [0.05, 0.1) is 24.2 Å². The lowest BCUT2D eigenvalue weighted by Crippen LogP contribution is -2.36. The first-order chi connectivity index (χ1) is 13.2. The van der Waals surface area contributed by atoms with Gasteiger partial charge in [0.15, 0.2) is 0 Å². The van der Waals surface area contributed by atoms with E-state index in [1.165, 1.54) is 11.3 Å². The molecule has 4 rings (SSSR count). The Labute approximate surface area is 160 Å². The Morgan fingerprint density at radius 3 is 2.63 bits per heavy atom. The third kappa shape index (κ3) is 4.38. The first-order valence-electron chi connectivity index (χ1n) is 10.0. The SMILES string of the molecule is CC(=O)NC1CCC(Cc2cc(N3CCOCC3)cc3nccnc23)CC1. The van der Waals surface area contributed by atoms with E-state index in [9.17, 15) is 4.79 Å². The zero-order chi connectivity index (χ0) is 18.6. The summed E-state index contributed by atoms with van der Waals surface area (Å²) < 4.78 is 5.50. The highest BCUT2D eigenvalue weighted by molar-refractivity contribution is 5.82. The van der Waals surface area contributed by atoms with E-state index in [1.807, 2.05) is 0 Å². The second-order valence-electron chi connectivity index (χ2n) is 7.75. The number of hydrogen-bond acceptors (Lipinski definition) is 5. The maximum Gasteiger partial charge on any atom is 0.217 e. The highest BCUT2D eigenvalue weighted by Crippen LogP contribution is 2.31. The Morgan fingerprint density at radius 1 is 1.15 bits per heavy atom. The predicted molar refractivity (Wildman–Crippen MR) is 106 cm³/mol. The van der Waals surface area contributed by atoms with Crippen molar-refractivity contribution in [2.45, 2.75) is 45.1 Å². The number of fused-ring (bicyclic) bond motifs is 1. The van der Waals surface area contributed by atoms with Crippen LogP contribution in [0.4, 0.5) is 5.69 Å². The van der Waals surface area contributed by atoms with Gasteiger partial charge in [-0.2, -0.15) is 0 Å². The van der Waals surface area contributed by atoms with Crippen molar-refractivity contribution in [2.24, 2.45) is 5.92 Å². The molecule has 0 unspecified atom stereocenters. The molecule has 1 aromatic heterocycles. The molecule has 0 spiro atoms. The maximum absolute atomic E-state index is 11.3. The van der Waals surface area contributed by atoms with Crippen LogP contribution in [0.3, 0.4) is 0 Å². The van der Waals surface area contributed by atoms with Gasteiger partial charge in [0.25, 0.3) is 0 Å². The highest BCUT2D eigenvalue weighted by atomic mass is 16.5. The standard InChI is InChI=1S/C21H28N4O2/c1-15(26)24-18-4-2-16(3-5-18)12-17-13-19(25-8-10-27-11-9-25)14-20-21(17)23-7-6-22-20/h6-7,13-14,16,18H,2-5,8-12H2,1H3,(H,24,26). The third-order valence-electron chi connectivity index (χ3n) is 5.78. The van der Waals surface area contributed by atoms with Gasteiger partial charge < -0.3 is 15.0 Å². The summed E-state index contributed by atoms with van der Waals surface area (Å²) in [7, 11) is 0. The van der Waals surface area contributed by atoms with Crippen LogP contribution in [0.1, 0.15) is 38.2 Å². The van der Waals surface area contributed by atoms with Gasteiger partial charge in [-0.1, -0.05) is 0 Å². The van der Waals surface area contributed by atoms with Crippen LogP contribution in [-0.4, -0.2) is 48.2 Å². The molecule has 2 aliphatic rings.